The zero-order chi connectivity index (χ0) is 28.9. The van der Waals surface area contributed by atoms with Gasteiger partial charge in [-0.15, -0.1) is 16.6 Å². The molecule has 10 heteroatoms. The Morgan fingerprint density at radius 2 is 0.625 bits per heavy atom. The maximum atomic E-state index is 5.93. The molecule has 0 saturated heterocycles. The fraction of sp³-hybridized carbons (Fsp3) is 0.200. The molecule has 0 amide bonds. The summed E-state index contributed by atoms with van der Waals surface area (Å²) in [6.45, 7) is 0. The van der Waals surface area contributed by atoms with Gasteiger partial charge in [0.25, 0.3) is 8.80 Å². The van der Waals surface area contributed by atoms with Gasteiger partial charge in [0, 0.05) is 58.2 Å². The second kappa shape index (κ2) is 15.1. The molecule has 0 N–H and O–H groups in total. The smallest absolute Gasteiger partial charge is 0.385 e. The largest absolute Gasteiger partial charge is 0.457 e. The van der Waals surface area contributed by atoms with E-state index in [1.54, 1.807) is 42.7 Å². The first-order chi connectivity index (χ1) is 19.5. The van der Waals surface area contributed by atoms with Crippen molar-refractivity contribution in [2.75, 3.05) is 42.7 Å². The first kappa shape index (κ1) is 31.5. The van der Waals surface area contributed by atoms with Crippen LogP contribution < -0.4 is 15.6 Å². The average molecular weight is 603 g/mol. The van der Waals surface area contributed by atoms with Crippen LogP contribution in [-0.2, 0) is 26.6 Å². The first-order valence-electron chi connectivity index (χ1n) is 12.5. The lowest BCUT2D eigenvalue weighted by atomic mass is 10.4. The van der Waals surface area contributed by atoms with Crippen LogP contribution in [0.4, 0.5) is 0 Å². The van der Waals surface area contributed by atoms with Crippen LogP contribution in [0.5, 0.6) is 0 Å². The zero-order valence-corrected chi connectivity index (χ0v) is 27.8. The van der Waals surface area contributed by atoms with E-state index in [0.717, 1.165) is 15.6 Å². The molecule has 3 aromatic carbocycles. The van der Waals surface area contributed by atoms with E-state index in [-0.39, 0.29) is 0 Å². The molecular formula is C30H34O6Si4. The summed E-state index contributed by atoms with van der Waals surface area (Å²) in [6.07, 6.45) is 0. The number of rotatable bonds is 9. The van der Waals surface area contributed by atoms with E-state index in [4.69, 9.17) is 26.6 Å². The Labute approximate surface area is 242 Å². The van der Waals surface area contributed by atoms with Gasteiger partial charge in [0.15, 0.2) is 0 Å². The summed E-state index contributed by atoms with van der Waals surface area (Å²) >= 11 is 0. The van der Waals surface area contributed by atoms with E-state index in [1.807, 2.05) is 91.0 Å². The Morgan fingerprint density at radius 3 is 0.825 bits per heavy atom. The third-order valence-corrected chi connectivity index (χ3v) is 16.6. The van der Waals surface area contributed by atoms with Gasteiger partial charge in [-0.25, -0.2) is 0 Å². The molecule has 40 heavy (non-hydrogen) atoms. The van der Waals surface area contributed by atoms with Gasteiger partial charge in [0.2, 0.25) is 0 Å². The zero-order valence-electron chi connectivity index (χ0n) is 23.7. The van der Waals surface area contributed by atoms with Crippen molar-refractivity contribution in [3.8, 4) is 33.3 Å². The van der Waals surface area contributed by atoms with E-state index < -0.39 is 34.5 Å². The molecule has 0 spiro atoms. The molecule has 0 aliphatic heterocycles. The Balaban J connectivity index is 2.18. The van der Waals surface area contributed by atoms with Gasteiger partial charge >= 0.3 is 25.7 Å². The monoisotopic (exact) mass is 602 g/mol. The van der Waals surface area contributed by atoms with Crippen LogP contribution in [0.1, 0.15) is 0 Å². The second-order valence-electron chi connectivity index (χ2n) is 8.41. The van der Waals surface area contributed by atoms with Crippen LogP contribution in [0.15, 0.2) is 91.0 Å². The quantitative estimate of drug-likeness (QED) is 0.273. The summed E-state index contributed by atoms with van der Waals surface area (Å²) in [5.74, 6) is 0. The van der Waals surface area contributed by atoms with Crippen LogP contribution in [0.25, 0.3) is 0 Å². The molecule has 6 nitrogen and oxygen atoms in total. The van der Waals surface area contributed by atoms with Gasteiger partial charge in [-0.2, -0.15) is 0 Å². The minimum absolute atomic E-state index is 0.907. The van der Waals surface area contributed by atoms with Crippen LogP contribution >= 0.6 is 0 Å². The Morgan fingerprint density at radius 1 is 0.400 bits per heavy atom. The van der Waals surface area contributed by atoms with Gasteiger partial charge in [-0.3, -0.25) is 0 Å². The lowest BCUT2D eigenvalue weighted by Crippen LogP contribution is -2.52. The predicted octanol–water partition coefficient (Wildman–Crippen LogP) is 1.39. The third-order valence-electron chi connectivity index (χ3n) is 6.33. The Bertz CT molecular complexity index is 1220. The molecule has 0 saturated carbocycles. The van der Waals surface area contributed by atoms with Crippen LogP contribution in [-0.4, -0.2) is 77.1 Å². The van der Waals surface area contributed by atoms with Crippen LogP contribution in [0, 0.1) is 33.3 Å². The normalized spacial score (nSPS) is 11.5. The highest BCUT2D eigenvalue weighted by Crippen LogP contribution is 2.08. The van der Waals surface area contributed by atoms with Gasteiger partial charge in [-0.05, 0) is 0 Å². The number of hydrogen-bond acceptors (Lipinski definition) is 6. The van der Waals surface area contributed by atoms with Gasteiger partial charge in [0.1, 0.15) is 0 Å². The molecule has 0 aliphatic carbocycles. The molecule has 0 unspecified atom stereocenters. The molecule has 0 bridgehead atoms. The van der Waals surface area contributed by atoms with Crippen molar-refractivity contribution >= 4 is 50.0 Å². The topological polar surface area (TPSA) is 55.4 Å². The fourth-order valence-corrected chi connectivity index (χ4v) is 13.1. The summed E-state index contributed by atoms with van der Waals surface area (Å²) in [6, 6.07) is 29.3. The lowest BCUT2D eigenvalue weighted by molar-refractivity contribution is 0.273. The summed E-state index contributed by atoms with van der Waals surface area (Å²) in [5.41, 5.74) is 20.2. The van der Waals surface area contributed by atoms with Crippen LogP contribution in [0.3, 0.4) is 0 Å². The number of benzene rings is 3. The maximum Gasteiger partial charge on any atom is 0.457 e. The molecule has 3 aromatic rings. The highest BCUT2D eigenvalue weighted by molar-refractivity contribution is 6.95. The fourth-order valence-electron chi connectivity index (χ4n) is 4.06. The van der Waals surface area contributed by atoms with Crippen molar-refractivity contribution in [3.63, 3.8) is 0 Å². The SMILES string of the molecule is CO[Si](C#C[SiH](C#C[Si](OC)(OC)c1ccccc1)C#C[Si](OC)(OC)c1ccccc1)(OC)c1ccccc1. The van der Waals surface area contributed by atoms with Crippen molar-refractivity contribution in [2.45, 2.75) is 0 Å². The molecule has 0 aromatic heterocycles. The summed E-state index contributed by atoms with van der Waals surface area (Å²) in [7, 11) is -1.88. The Hall–Kier alpha value is -3.03. The van der Waals surface area contributed by atoms with E-state index in [1.165, 1.54) is 0 Å². The van der Waals surface area contributed by atoms with E-state index in [0.29, 0.717) is 0 Å². The average Bonchev–Trinajstić information content (AvgIpc) is 3.04. The van der Waals surface area contributed by atoms with Crippen molar-refractivity contribution in [1.29, 1.82) is 0 Å². The van der Waals surface area contributed by atoms with E-state index in [9.17, 15) is 0 Å². The second-order valence-corrected chi connectivity index (χ2v) is 18.8. The number of hydrogen-bond donors (Lipinski definition) is 0. The first-order valence-corrected chi connectivity index (χ1v) is 19.7. The summed E-state index contributed by atoms with van der Waals surface area (Å²) < 4.78 is 35.6. The molecule has 0 radical (unpaired) electrons. The molecule has 0 aliphatic rings. The highest BCUT2D eigenvalue weighted by atomic mass is 28.4. The molecular weight excluding hydrogens is 569 g/mol. The minimum atomic E-state index is -3.06. The van der Waals surface area contributed by atoms with Crippen molar-refractivity contribution in [2.24, 2.45) is 0 Å². The van der Waals surface area contributed by atoms with E-state index in [2.05, 4.69) is 33.3 Å². The van der Waals surface area contributed by atoms with Crippen molar-refractivity contribution < 1.29 is 26.6 Å². The molecule has 206 valence electrons. The Kier molecular flexibility index (Phi) is 11.9. The molecule has 0 fully saturated rings. The van der Waals surface area contributed by atoms with Gasteiger partial charge in [0.05, 0.1) is 0 Å². The standard InChI is InChI=1S/C30H34O6Si4/c1-31-38(32-2,28-16-10-7-11-17-28)25-22-37(23-26-39(33-3,34-4)29-18-12-8-13-19-29)24-27-40(35-5,36-6)30-20-14-9-15-21-30/h7-21,37H,1-6H3. The minimum Gasteiger partial charge on any atom is -0.385 e. The molecule has 3 rings (SSSR count). The van der Waals surface area contributed by atoms with Gasteiger partial charge in [-0.1, -0.05) is 108 Å². The molecule has 0 heterocycles. The van der Waals surface area contributed by atoms with Gasteiger partial charge < -0.3 is 26.6 Å². The maximum absolute atomic E-state index is 5.93. The summed E-state index contributed by atoms with van der Waals surface area (Å²) in [4.78, 5) is 0. The summed E-state index contributed by atoms with van der Waals surface area (Å²) in [5, 5.41) is 2.72. The predicted molar refractivity (Wildman–Crippen MR) is 168 cm³/mol. The highest BCUT2D eigenvalue weighted by Gasteiger charge is 2.39. The van der Waals surface area contributed by atoms with Crippen molar-refractivity contribution in [3.05, 3.63) is 91.0 Å². The lowest BCUT2D eigenvalue weighted by Gasteiger charge is -2.22. The van der Waals surface area contributed by atoms with E-state index >= 15 is 0 Å². The third kappa shape index (κ3) is 7.18. The van der Waals surface area contributed by atoms with Crippen LogP contribution in [0.2, 0.25) is 0 Å². The molecule has 0 atom stereocenters. The van der Waals surface area contributed by atoms with Crippen molar-refractivity contribution in [1.82, 2.24) is 0 Å².